The van der Waals surface area contributed by atoms with Gasteiger partial charge in [-0.05, 0) is 38.5 Å². The van der Waals surface area contributed by atoms with E-state index in [0.29, 0.717) is 17.7 Å². The van der Waals surface area contributed by atoms with Gasteiger partial charge in [-0.15, -0.1) is 0 Å². The molecule has 0 saturated carbocycles. The number of amides is 1. The third-order valence-corrected chi connectivity index (χ3v) is 2.59. The maximum absolute atomic E-state index is 11.9. The highest BCUT2D eigenvalue weighted by molar-refractivity contribution is 5.94. The van der Waals surface area contributed by atoms with Crippen molar-refractivity contribution >= 4 is 5.91 Å². The fourth-order valence-corrected chi connectivity index (χ4v) is 1.73. The van der Waals surface area contributed by atoms with Crippen LogP contribution in [0.5, 0.6) is 5.75 Å². The van der Waals surface area contributed by atoms with Gasteiger partial charge in [0.1, 0.15) is 5.75 Å². The molecule has 19 heavy (non-hydrogen) atoms. The van der Waals surface area contributed by atoms with Crippen LogP contribution in [0.4, 0.5) is 0 Å². The summed E-state index contributed by atoms with van der Waals surface area (Å²) in [6.07, 6.45) is 1.18. The number of hydrogen-bond donors (Lipinski definition) is 2. The number of rotatable bonds is 7. The van der Waals surface area contributed by atoms with Crippen molar-refractivity contribution in [1.29, 1.82) is 0 Å². The lowest BCUT2D eigenvalue weighted by molar-refractivity contribution is 0.0909. The Kier molecular flexibility index (Phi) is 6.36. The molecule has 1 amide bonds. The zero-order valence-electron chi connectivity index (χ0n) is 11.8. The molecule has 106 valence electrons. The van der Waals surface area contributed by atoms with Gasteiger partial charge in [0.05, 0.1) is 12.2 Å². The van der Waals surface area contributed by atoms with Crippen LogP contribution in [-0.2, 0) is 0 Å². The summed E-state index contributed by atoms with van der Waals surface area (Å²) < 4.78 is 5.54. The third kappa shape index (κ3) is 5.75. The summed E-state index contributed by atoms with van der Waals surface area (Å²) in [6, 6.07) is 7.05. The molecule has 1 atom stereocenters. The van der Waals surface area contributed by atoms with E-state index in [9.17, 15) is 9.90 Å². The zero-order valence-corrected chi connectivity index (χ0v) is 11.8. The Labute approximate surface area is 114 Å². The zero-order chi connectivity index (χ0) is 14.3. The summed E-state index contributed by atoms with van der Waals surface area (Å²) in [6.45, 7) is 6.15. The Morgan fingerprint density at radius 2 is 2.16 bits per heavy atom. The molecular weight excluding hydrogens is 242 g/mol. The van der Waals surface area contributed by atoms with Gasteiger partial charge in [-0.2, -0.15) is 0 Å². The Balaban J connectivity index is 2.56. The van der Waals surface area contributed by atoms with E-state index in [2.05, 4.69) is 5.32 Å². The first-order valence-electron chi connectivity index (χ1n) is 6.76. The molecule has 0 bridgehead atoms. The van der Waals surface area contributed by atoms with E-state index < -0.39 is 6.10 Å². The summed E-state index contributed by atoms with van der Waals surface area (Å²) in [4.78, 5) is 11.9. The van der Waals surface area contributed by atoms with Crippen molar-refractivity contribution < 1.29 is 14.6 Å². The van der Waals surface area contributed by atoms with Crippen LogP contribution in [-0.4, -0.2) is 29.8 Å². The molecule has 0 aliphatic carbocycles. The van der Waals surface area contributed by atoms with Gasteiger partial charge in [-0.3, -0.25) is 4.79 Å². The van der Waals surface area contributed by atoms with Crippen LogP contribution >= 0.6 is 0 Å². The van der Waals surface area contributed by atoms with Gasteiger partial charge >= 0.3 is 0 Å². The maximum atomic E-state index is 11.9. The molecule has 0 fully saturated rings. The predicted molar refractivity (Wildman–Crippen MR) is 75.5 cm³/mol. The molecule has 0 heterocycles. The maximum Gasteiger partial charge on any atom is 0.251 e. The first kappa shape index (κ1) is 15.5. The normalized spacial score (nSPS) is 12.3. The first-order valence-corrected chi connectivity index (χ1v) is 6.76. The molecule has 1 unspecified atom stereocenters. The molecule has 1 aromatic carbocycles. The lowest BCUT2D eigenvalue weighted by Crippen LogP contribution is -2.32. The van der Waals surface area contributed by atoms with Crippen LogP contribution in [0.3, 0.4) is 0 Å². The third-order valence-electron chi connectivity index (χ3n) is 2.59. The van der Waals surface area contributed by atoms with Gasteiger partial charge in [0, 0.05) is 12.1 Å². The number of hydrogen-bond acceptors (Lipinski definition) is 3. The minimum absolute atomic E-state index is 0.0738. The summed E-state index contributed by atoms with van der Waals surface area (Å²) in [5, 5.41) is 12.3. The second-order valence-electron chi connectivity index (χ2n) is 4.85. The van der Waals surface area contributed by atoms with Gasteiger partial charge in [-0.25, -0.2) is 0 Å². The summed E-state index contributed by atoms with van der Waals surface area (Å²) >= 11 is 0. The smallest absolute Gasteiger partial charge is 0.251 e. The van der Waals surface area contributed by atoms with Crippen LogP contribution < -0.4 is 10.1 Å². The van der Waals surface area contributed by atoms with Gasteiger partial charge in [0.15, 0.2) is 0 Å². The van der Waals surface area contributed by atoms with Crippen LogP contribution in [0.2, 0.25) is 0 Å². The molecule has 1 aromatic rings. The highest BCUT2D eigenvalue weighted by Crippen LogP contribution is 2.14. The molecule has 0 saturated heterocycles. The molecule has 2 N–H and O–H groups in total. The van der Waals surface area contributed by atoms with E-state index in [0.717, 1.165) is 6.42 Å². The minimum Gasteiger partial charge on any atom is -0.491 e. The van der Waals surface area contributed by atoms with Crippen molar-refractivity contribution in [2.24, 2.45) is 0 Å². The molecule has 1 rings (SSSR count). The Morgan fingerprint density at radius 1 is 1.42 bits per heavy atom. The topological polar surface area (TPSA) is 58.6 Å². The van der Waals surface area contributed by atoms with E-state index in [1.54, 1.807) is 18.2 Å². The Bertz CT molecular complexity index is 404. The van der Waals surface area contributed by atoms with Crippen molar-refractivity contribution in [2.45, 2.75) is 45.8 Å². The van der Waals surface area contributed by atoms with Crippen molar-refractivity contribution in [3.63, 3.8) is 0 Å². The molecule has 0 spiro atoms. The van der Waals surface area contributed by atoms with Crippen LogP contribution in [0.25, 0.3) is 0 Å². The lowest BCUT2D eigenvalue weighted by Gasteiger charge is -2.12. The number of aliphatic hydroxyl groups is 1. The summed E-state index contributed by atoms with van der Waals surface area (Å²) in [7, 11) is 0. The van der Waals surface area contributed by atoms with Crippen molar-refractivity contribution in [2.75, 3.05) is 6.54 Å². The largest absolute Gasteiger partial charge is 0.491 e. The Hall–Kier alpha value is -1.55. The van der Waals surface area contributed by atoms with Gasteiger partial charge in [0.2, 0.25) is 0 Å². The number of carbonyl (C=O) groups excluding carboxylic acids is 1. The number of nitrogens with one attached hydrogen (secondary N) is 1. The summed E-state index contributed by atoms with van der Waals surface area (Å²) in [5.41, 5.74) is 0.543. The van der Waals surface area contributed by atoms with Gasteiger partial charge in [0.25, 0.3) is 5.91 Å². The second-order valence-corrected chi connectivity index (χ2v) is 4.85. The molecule has 0 aromatic heterocycles. The SMILES string of the molecule is CCCC(O)CNC(=O)c1cccc(OC(C)C)c1. The number of carbonyl (C=O) groups is 1. The standard InChI is InChI=1S/C15H23NO3/c1-4-6-13(17)10-16-15(18)12-7-5-8-14(9-12)19-11(2)3/h5,7-9,11,13,17H,4,6,10H2,1-3H3,(H,16,18). The van der Waals surface area contributed by atoms with E-state index >= 15 is 0 Å². The highest BCUT2D eigenvalue weighted by atomic mass is 16.5. The molecule has 4 nitrogen and oxygen atoms in total. The molecule has 0 aliphatic heterocycles. The van der Waals surface area contributed by atoms with Crippen LogP contribution in [0, 0.1) is 0 Å². The summed E-state index contributed by atoms with van der Waals surface area (Å²) in [5.74, 6) is 0.487. The highest BCUT2D eigenvalue weighted by Gasteiger charge is 2.09. The van der Waals surface area contributed by atoms with Crippen LogP contribution in [0.15, 0.2) is 24.3 Å². The second kappa shape index (κ2) is 7.79. The fraction of sp³-hybridized carbons (Fsp3) is 0.533. The van der Waals surface area contributed by atoms with E-state index in [1.165, 1.54) is 0 Å². The monoisotopic (exact) mass is 265 g/mol. The van der Waals surface area contributed by atoms with Gasteiger partial charge < -0.3 is 15.2 Å². The minimum atomic E-state index is -0.482. The van der Waals surface area contributed by atoms with E-state index in [4.69, 9.17) is 4.74 Å². The number of aliphatic hydroxyl groups excluding tert-OH is 1. The molecule has 0 aliphatic rings. The van der Waals surface area contributed by atoms with Crippen LogP contribution in [0.1, 0.15) is 44.0 Å². The van der Waals surface area contributed by atoms with Crippen molar-refractivity contribution in [1.82, 2.24) is 5.32 Å². The number of ether oxygens (including phenoxy) is 1. The quantitative estimate of drug-likeness (QED) is 0.795. The van der Waals surface area contributed by atoms with E-state index in [-0.39, 0.29) is 18.6 Å². The lowest BCUT2D eigenvalue weighted by atomic mass is 10.2. The van der Waals surface area contributed by atoms with Gasteiger partial charge in [-0.1, -0.05) is 19.4 Å². The average Bonchev–Trinajstić information content (AvgIpc) is 2.36. The molecular formula is C15H23NO3. The molecule has 4 heteroatoms. The predicted octanol–water partition coefficient (Wildman–Crippen LogP) is 2.36. The first-order chi connectivity index (χ1) is 9.02. The van der Waals surface area contributed by atoms with E-state index in [1.807, 2.05) is 26.8 Å². The van der Waals surface area contributed by atoms with Crippen molar-refractivity contribution in [3.05, 3.63) is 29.8 Å². The van der Waals surface area contributed by atoms with Crippen molar-refractivity contribution in [3.8, 4) is 5.75 Å². The average molecular weight is 265 g/mol. The molecule has 0 radical (unpaired) electrons. The Morgan fingerprint density at radius 3 is 2.79 bits per heavy atom. The number of benzene rings is 1. The fourth-order valence-electron chi connectivity index (χ4n) is 1.73.